The molecule has 2 rings (SSSR count). The Morgan fingerprint density at radius 2 is 2.31 bits per heavy atom. The normalized spacial score (nSPS) is 13.8. The molecule has 3 heteroatoms. The zero-order chi connectivity index (χ0) is 9.42. The first kappa shape index (κ1) is 8.88. The molecule has 0 spiro atoms. The average molecular weight is 242 g/mol. The monoisotopic (exact) mass is 241 g/mol. The number of anilines is 1. The summed E-state index contributed by atoms with van der Waals surface area (Å²) in [6, 6.07) is 2.09. The van der Waals surface area contributed by atoms with Crippen LogP contribution < -0.4 is 10.1 Å². The highest BCUT2D eigenvalue weighted by atomic mass is 79.9. The van der Waals surface area contributed by atoms with Crippen molar-refractivity contribution < 1.29 is 4.74 Å². The van der Waals surface area contributed by atoms with Crippen LogP contribution in [0.5, 0.6) is 5.75 Å². The van der Waals surface area contributed by atoms with Gasteiger partial charge in [-0.3, -0.25) is 0 Å². The summed E-state index contributed by atoms with van der Waals surface area (Å²) in [7, 11) is 1.72. The fourth-order valence-electron chi connectivity index (χ4n) is 1.84. The molecule has 1 aromatic carbocycles. The Hall–Kier alpha value is -0.700. The lowest BCUT2D eigenvalue weighted by atomic mass is 10.1. The van der Waals surface area contributed by atoms with E-state index in [-0.39, 0.29) is 0 Å². The van der Waals surface area contributed by atoms with E-state index >= 15 is 0 Å². The van der Waals surface area contributed by atoms with Crippen molar-refractivity contribution in [1.82, 2.24) is 0 Å². The van der Waals surface area contributed by atoms with Gasteiger partial charge in [0.15, 0.2) is 0 Å². The molecule has 1 heterocycles. The van der Waals surface area contributed by atoms with Crippen LogP contribution in [0, 0.1) is 6.92 Å². The van der Waals surface area contributed by atoms with Crippen molar-refractivity contribution >= 4 is 21.6 Å². The maximum absolute atomic E-state index is 5.36. The van der Waals surface area contributed by atoms with Gasteiger partial charge in [0.1, 0.15) is 5.75 Å². The number of hydrogen-bond donors (Lipinski definition) is 1. The molecule has 0 aromatic heterocycles. The van der Waals surface area contributed by atoms with E-state index in [0.717, 1.165) is 23.2 Å². The van der Waals surface area contributed by atoms with Gasteiger partial charge in [0.25, 0.3) is 0 Å². The molecule has 13 heavy (non-hydrogen) atoms. The summed E-state index contributed by atoms with van der Waals surface area (Å²) in [6.45, 7) is 3.13. The Morgan fingerprint density at radius 1 is 1.54 bits per heavy atom. The van der Waals surface area contributed by atoms with Crippen molar-refractivity contribution in [3.05, 3.63) is 21.7 Å². The third-order valence-corrected chi connectivity index (χ3v) is 3.00. The first-order chi connectivity index (χ1) is 6.24. The summed E-state index contributed by atoms with van der Waals surface area (Å²) < 4.78 is 6.41. The second kappa shape index (κ2) is 3.22. The van der Waals surface area contributed by atoms with Crippen molar-refractivity contribution in [2.75, 3.05) is 19.0 Å². The van der Waals surface area contributed by atoms with E-state index in [9.17, 15) is 0 Å². The first-order valence-corrected chi connectivity index (χ1v) is 5.13. The van der Waals surface area contributed by atoms with Crippen LogP contribution in [0.4, 0.5) is 5.69 Å². The summed E-state index contributed by atoms with van der Waals surface area (Å²) in [5, 5.41) is 3.37. The Bertz CT molecular complexity index is 349. The van der Waals surface area contributed by atoms with E-state index in [2.05, 4.69) is 34.2 Å². The molecule has 0 amide bonds. The summed E-state index contributed by atoms with van der Waals surface area (Å²) >= 11 is 3.51. The summed E-state index contributed by atoms with van der Waals surface area (Å²) in [6.07, 6.45) is 1.05. The van der Waals surface area contributed by atoms with Gasteiger partial charge in [-0.05, 0) is 40.9 Å². The van der Waals surface area contributed by atoms with Gasteiger partial charge in [0, 0.05) is 17.8 Å². The summed E-state index contributed by atoms with van der Waals surface area (Å²) in [5.41, 5.74) is 3.83. The van der Waals surface area contributed by atoms with Crippen LogP contribution in [0.2, 0.25) is 0 Å². The molecule has 1 aromatic rings. The standard InChI is InChI=1S/C10H12BrNO/c1-6-5-8(11)10(13-2)7-3-4-12-9(6)7/h5,12H,3-4H2,1-2H3. The maximum Gasteiger partial charge on any atom is 0.138 e. The first-order valence-electron chi connectivity index (χ1n) is 4.34. The molecule has 70 valence electrons. The molecule has 0 fully saturated rings. The van der Waals surface area contributed by atoms with E-state index < -0.39 is 0 Å². The Kier molecular flexibility index (Phi) is 2.20. The van der Waals surface area contributed by atoms with E-state index in [0.29, 0.717) is 0 Å². The lowest BCUT2D eigenvalue weighted by molar-refractivity contribution is 0.408. The van der Waals surface area contributed by atoms with Crippen LogP contribution in [0.1, 0.15) is 11.1 Å². The number of halogens is 1. The number of ether oxygens (including phenoxy) is 1. The van der Waals surface area contributed by atoms with Crippen LogP contribution in [0.3, 0.4) is 0 Å². The number of nitrogens with one attached hydrogen (secondary N) is 1. The maximum atomic E-state index is 5.36. The van der Waals surface area contributed by atoms with E-state index in [4.69, 9.17) is 4.74 Å². The van der Waals surface area contributed by atoms with Gasteiger partial charge >= 0.3 is 0 Å². The number of benzene rings is 1. The molecule has 0 aliphatic carbocycles. The molecule has 0 atom stereocenters. The van der Waals surface area contributed by atoms with Gasteiger partial charge in [-0.2, -0.15) is 0 Å². The highest BCUT2D eigenvalue weighted by Gasteiger charge is 2.19. The number of hydrogen-bond acceptors (Lipinski definition) is 2. The van der Waals surface area contributed by atoms with E-state index in [1.54, 1.807) is 7.11 Å². The molecule has 1 aliphatic rings. The summed E-state index contributed by atoms with van der Waals surface area (Å²) in [4.78, 5) is 0. The zero-order valence-corrected chi connectivity index (χ0v) is 9.36. The number of aryl methyl sites for hydroxylation is 1. The quantitative estimate of drug-likeness (QED) is 0.817. The minimum atomic E-state index is 0.977. The van der Waals surface area contributed by atoms with Crippen LogP contribution in [0.25, 0.3) is 0 Å². The van der Waals surface area contributed by atoms with Crippen LogP contribution in [0.15, 0.2) is 10.5 Å². The fraction of sp³-hybridized carbons (Fsp3) is 0.400. The third kappa shape index (κ3) is 1.31. The highest BCUT2D eigenvalue weighted by Crippen LogP contribution is 2.39. The Balaban J connectivity index is 2.65. The van der Waals surface area contributed by atoms with Crippen molar-refractivity contribution in [3.8, 4) is 5.75 Å². The number of fused-ring (bicyclic) bond motifs is 1. The second-order valence-corrected chi connectivity index (χ2v) is 4.09. The average Bonchev–Trinajstić information content (AvgIpc) is 2.53. The van der Waals surface area contributed by atoms with Crippen LogP contribution in [-0.2, 0) is 6.42 Å². The fourth-order valence-corrected chi connectivity index (χ4v) is 2.59. The molecule has 0 saturated carbocycles. The van der Waals surface area contributed by atoms with Gasteiger partial charge in [-0.25, -0.2) is 0 Å². The minimum Gasteiger partial charge on any atom is -0.495 e. The number of methoxy groups -OCH3 is 1. The predicted octanol–water partition coefficient (Wildman–Crippen LogP) is 2.73. The smallest absolute Gasteiger partial charge is 0.138 e. The molecular weight excluding hydrogens is 230 g/mol. The third-order valence-electron chi connectivity index (χ3n) is 2.41. The highest BCUT2D eigenvalue weighted by molar-refractivity contribution is 9.10. The van der Waals surface area contributed by atoms with Crippen molar-refractivity contribution in [3.63, 3.8) is 0 Å². The topological polar surface area (TPSA) is 21.3 Å². The van der Waals surface area contributed by atoms with Crippen molar-refractivity contribution in [1.29, 1.82) is 0 Å². The van der Waals surface area contributed by atoms with E-state index in [1.807, 2.05) is 0 Å². The van der Waals surface area contributed by atoms with Gasteiger partial charge in [-0.1, -0.05) is 0 Å². The summed E-state index contributed by atoms with van der Waals surface area (Å²) in [5.74, 6) is 0.977. The molecule has 2 nitrogen and oxygen atoms in total. The van der Waals surface area contributed by atoms with Crippen molar-refractivity contribution in [2.24, 2.45) is 0 Å². The lowest BCUT2D eigenvalue weighted by Gasteiger charge is -2.11. The van der Waals surface area contributed by atoms with Gasteiger partial charge < -0.3 is 10.1 Å². The Labute approximate surface area is 86.4 Å². The minimum absolute atomic E-state index is 0.977. The predicted molar refractivity (Wildman–Crippen MR) is 57.6 cm³/mol. The molecule has 0 saturated heterocycles. The van der Waals surface area contributed by atoms with Gasteiger partial charge in [0.2, 0.25) is 0 Å². The molecule has 0 unspecified atom stereocenters. The van der Waals surface area contributed by atoms with Gasteiger partial charge in [0.05, 0.1) is 11.6 Å². The largest absolute Gasteiger partial charge is 0.495 e. The van der Waals surface area contributed by atoms with Crippen LogP contribution >= 0.6 is 15.9 Å². The Morgan fingerprint density at radius 3 is 3.00 bits per heavy atom. The second-order valence-electron chi connectivity index (χ2n) is 3.24. The molecule has 1 aliphatic heterocycles. The molecule has 1 N–H and O–H groups in total. The van der Waals surface area contributed by atoms with Gasteiger partial charge in [-0.15, -0.1) is 0 Å². The van der Waals surface area contributed by atoms with E-state index in [1.165, 1.54) is 16.8 Å². The SMILES string of the molecule is COc1c(Br)cc(C)c2c1CCN2. The van der Waals surface area contributed by atoms with Crippen LogP contribution in [-0.4, -0.2) is 13.7 Å². The zero-order valence-electron chi connectivity index (χ0n) is 7.78. The lowest BCUT2D eigenvalue weighted by Crippen LogP contribution is -1.93. The molecule has 0 radical (unpaired) electrons. The van der Waals surface area contributed by atoms with Crippen molar-refractivity contribution in [2.45, 2.75) is 13.3 Å². The molecule has 0 bridgehead atoms. The number of rotatable bonds is 1. The molecular formula is C10H12BrNO.